The highest BCUT2D eigenvalue weighted by Gasteiger charge is 2.19. The molecule has 0 saturated carbocycles. The molecule has 0 bridgehead atoms. The summed E-state index contributed by atoms with van der Waals surface area (Å²) >= 11 is 6.26. The van der Waals surface area contributed by atoms with Crippen LogP contribution in [-0.4, -0.2) is 22.8 Å². The molecule has 3 rings (SSSR count). The molecule has 0 atom stereocenters. The number of anilines is 1. The predicted octanol–water partition coefficient (Wildman–Crippen LogP) is 3.36. The summed E-state index contributed by atoms with van der Waals surface area (Å²) in [6, 6.07) is 3.70. The number of rotatable bonds is 4. The molecule has 0 amide bonds. The fourth-order valence-electron chi connectivity index (χ4n) is 2.37. The van der Waals surface area contributed by atoms with E-state index in [-0.39, 0.29) is 0 Å². The van der Waals surface area contributed by atoms with Gasteiger partial charge in [-0.05, 0) is 18.6 Å². The molecule has 0 aliphatic carbocycles. The molecule has 5 nitrogen and oxygen atoms in total. The lowest BCUT2D eigenvalue weighted by atomic mass is 10.1. The van der Waals surface area contributed by atoms with Crippen LogP contribution in [0.1, 0.15) is 19.8 Å². The van der Waals surface area contributed by atoms with Crippen LogP contribution in [0.15, 0.2) is 18.5 Å². The van der Waals surface area contributed by atoms with Crippen molar-refractivity contribution >= 4 is 17.4 Å². The summed E-state index contributed by atoms with van der Waals surface area (Å²) < 4.78 is 13.1. The van der Waals surface area contributed by atoms with Crippen molar-refractivity contribution in [3.63, 3.8) is 0 Å². The van der Waals surface area contributed by atoms with E-state index in [2.05, 4.69) is 11.9 Å². The van der Waals surface area contributed by atoms with Gasteiger partial charge in [0.1, 0.15) is 24.7 Å². The summed E-state index contributed by atoms with van der Waals surface area (Å²) in [4.78, 5) is 4.41. The normalized spacial score (nSPS) is 13.4. The van der Waals surface area contributed by atoms with E-state index in [4.69, 9.17) is 26.8 Å². The number of benzene rings is 1. The molecule has 2 aromatic rings. The average molecular weight is 308 g/mol. The fourth-order valence-corrected chi connectivity index (χ4v) is 2.63. The molecule has 112 valence electrons. The summed E-state index contributed by atoms with van der Waals surface area (Å²) in [6.45, 7) is 4.05. The number of hydrogen-bond acceptors (Lipinski definition) is 4. The summed E-state index contributed by atoms with van der Waals surface area (Å²) in [7, 11) is 0. The lowest BCUT2D eigenvalue weighted by Crippen LogP contribution is -2.15. The van der Waals surface area contributed by atoms with Crippen molar-refractivity contribution in [3.8, 4) is 22.8 Å². The third-order valence-electron chi connectivity index (χ3n) is 3.50. The fraction of sp³-hybridized carbons (Fsp3) is 0.400. The molecule has 0 unspecified atom stereocenters. The SMILES string of the molecule is CCCCn1cnc(-c2cc(Cl)c3c(c2)OCCO3)c1N. The molecule has 6 heteroatoms. The van der Waals surface area contributed by atoms with Crippen LogP contribution in [0, 0.1) is 0 Å². The molecule has 1 aliphatic rings. The largest absolute Gasteiger partial charge is 0.486 e. The maximum atomic E-state index is 6.26. The Hall–Kier alpha value is -1.88. The van der Waals surface area contributed by atoms with Crippen molar-refractivity contribution in [2.45, 2.75) is 26.3 Å². The van der Waals surface area contributed by atoms with Crippen LogP contribution >= 0.6 is 11.6 Å². The van der Waals surface area contributed by atoms with Crippen molar-refractivity contribution in [2.24, 2.45) is 0 Å². The number of imidazole rings is 1. The maximum absolute atomic E-state index is 6.26. The van der Waals surface area contributed by atoms with Gasteiger partial charge in [0.2, 0.25) is 0 Å². The quantitative estimate of drug-likeness (QED) is 0.941. The van der Waals surface area contributed by atoms with Gasteiger partial charge in [-0.3, -0.25) is 0 Å². The minimum atomic E-state index is 0.514. The number of unbranched alkanes of at least 4 members (excludes halogenated alkanes) is 1. The monoisotopic (exact) mass is 307 g/mol. The van der Waals surface area contributed by atoms with Gasteiger partial charge in [0, 0.05) is 12.1 Å². The van der Waals surface area contributed by atoms with E-state index in [1.54, 1.807) is 6.33 Å². The number of aromatic nitrogens is 2. The van der Waals surface area contributed by atoms with Gasteiger partial charge in [0.25, 0.3) is 0 Å². The van der Waals surface area contributed by atoms with Crippen molar-refractivity contribution in [1.29, 1.82) is 0 Å². The zero-order valence-corrected chi connectivity index (χ0v) is 12.7. The number of fused-ring (bicyclic) bond motifs is 1. The number of hydrogen-bond donors (Lipinski definition) is 1. The van der Waals surface area contributed by atoms with Gasteiger partial charge in [0.05, 0.1) is 11.3 Å². The number of nitrogens with zero attached hydrogens (tertiary/aromatic N) is 2. The minimum absolute atomic E-state index is 0.514. The smallest absolute Gasteiger partial charge is 0.179 e. The summed E-state index contributed by atoms with van der Waals surface area (Å²) in [6.07, 6.45) is 3.95. The predicted molar refractivity (Wildman–Crippen MR) is 83.0 cm³/mol. The molecule has 0 radical (unpaired) electrons. The Morgan fingerprint density at radius 1 is 1.33 bits per heavy atom. The second-order valence-electron chi connectivity index (χ2n) is 5.01. The van der Waals surface area contributed by atoms with E-state index in [1.165, 1.54) is 0 Å². The Morgan fingerprint density at radius 2 is 2.14 bits per heavy atom. The molecule has 21 heavy (non-hydrogen) atoms. The molecule has 1 aromatic carbocycles. The first kappa shape index (κ1) is 14.1. The Morgan fingerprint density at radius 3 is 2.95 bits per heavy atom. The molecule has 2 heterocycles. The van der Waals surface area contributed by atoms with E-state index in [1.807, 2.05) is 16.7 Å². The van der Waals surface area contributed by atoms with E-state index in [0.717, 1.165) is 30.6 Å². The van der Waals surface area contributed by atoms with Crippen LogP contribution in [0.25, 0.3) is 11.3 Å². The third kappa shape index (κ3) is 2.65. The topological polar surface area (TPSA) is 62.3 Å². The first-order chi connectivity index (χ1) is 10.2. The molecule has 0 spiro atoms. The van der Waals surface area contributed by atoms with Crippen molar-refractivity contribution < 1.29 is 9.47 Å². The zero-order chi connectivity index (χ0) is 14.8. The molecule has 1 aliphatic heterocycles. The van der Waals surface area contributed by atoms with Crippen molar-refractivity contribution in [3.05, 3.63) is 23.5 Å². The number of halogens is 1. The van der Waals surface area contributed by atoms with E-state index < -0.39 is 0 Å². The highest BCUT2D eigenvalue weighted by Crippen LogP contribution is 2.41. The molecule has 1 aromatic heterocycles. The maximum Gasteiger partial charge on any atom is 0.179 e. The zero-order valence-electron chi connectivity index (χ0n) is 11.9. The number of ether oxygens (including phenoxy) is 2. The van der Waals surface area contributed by atoms with Gasteiger partial charge in [-0.15, -0.1) is 0 Å². The van der Waals surface area contributed by atoms with Gasteiger partial charge in [-0.1, -0.05) is 24.9 Å². The second kappa shape index (κ2) is 5.85. The summed E-state index contributed by atoms with van der Waals surface area (Å²) in [5, 5.41) is 0.518. The molecule has 0 fully saturated rings. The first-order valence-electron chi connectivity index (χ1n) is 7.10. The standard InChI is InChI=1S/C15H18ClN3O2/c1-2-3-4-19-9-18-13(15(19)17)10-7-11(16)14-12(8-10)20-5-6-21-14/h7-9H,2-6,17H2,1H3. The van der Waals surface area contributed by atoms with Gasteiger partial charge < -0.3 is 19.8 Å². The van der Waals surface area contributed by atoms with Crippen molar-refractivity contribution in [1.82, 2.24) is 9.55 Å². The van der Waals surface area contributed by atoms with Crippen LogP contribution in [-0.2, 0) is 6.54 Å². The first-order valence-corrected chi connectivity index (χ1v) is 7.48. The van der Waals surface area contributed by atoms with Crippen molar-refractivity contribution in [2.75, 3.05) is 18.9 Å². The molecular weight excluding hydrogens is 290 g/mol. The number of nitrogens with two attached hydrogens (primary N) is 1. The highest BCUT2D eigenvalue weighted by molar-refractivity contribution is 6.32. The van der Waals surface area contributed by atoms with Gasteiger partial charge in [-0.2, -0.15) is 0 Å². The molecular formula is C15H18ClN3O2. The second-order valence-corrected chi connectivity index (χ2v) is 5.41. The Bertz CT molecular complexity index is 655. The Balaban J connectivity index is 1.97. The highest BCUT2D eigenvalue weighted by atomic mass is 35.5. The van der Waals surface area contributed by atoms with Crippen LogP contribution in [0.5, 0.6) is 11.5 Å². The number of aryl methyl sites for hydroxylation is 1. The molecule has 0 saturated heterocycles. The van der Waals surface area contributed by atoms with E-state index >= 15 is 0 Å². The van der Waals surface area contributed by atoms with Crippen LogP contribution in [0.4, 0.5) is 5.82 Å². The van der Waals surface area contributed by atoms with Gasteiger partial charge >= 0.3 is 0 Å². The van der Waals surface area contributed by atoms with E-state index in [9.17, 15) is 0 Å². The van der Waals surface area contributed by atoms with Gasteiger partial charge in [0.15, 0.2) is 11.5 Å². The summed E-state index contributed by atoms with van der Waals surface area (Å²) in [5.41, 5.74) is 7.76. The lowest BCUT2D eigenvalue weighted by Gasteiger charge is -2.20. The van der Waals surface area contributed by atoms with E-state index in [0.29, 0.717) is 35.6 Å². The lowest BCUT2D eigenvalue weighted by molar-refractivity contribution is 0.172. The third-order valence-corrected chi connectivity index (χ3v) is 3.78. The Kier molecular flexibility index (Phi) is 3.92. The van der Waals surface area contributed by atoms with Crippen LogP contribution in [0.2, 0.25) is 5.02 Å². The Labute approximate surface area is 128 Å². The summed E-state index contributed by atoms with van der Waals surface area (Å²) in [5.74, 6) is 1.89. The number of nitrogen functional groups attached to an aromatic ring is 1. The van der Waals surface area contributed by atoms with Gasteiger partial charge in [-0.25, -0.2) is 4.98 Å². The van der Waals surface area contributed by atoms with Crippen LogP contribution < -0.4 is 15.2 Å². The minimum Gasteiger partial charge on any atom is -0.486 e. The average Bonchev–Trinajstić information content (AvgIpc) is 2.86. The van der Waals surface area contributed by atoms with Crippen LogP contribution in [0.3, 0.4) is 0 Å². The molecule has 2 N–H and O–H groups in total.